The summed E-state index contributed by atoms with van der Waals surface area (Å²) >= 11 is 3.42. The average molecular weight is 335 g/mol. The average Bonchev–Trinajstić information content (AvgIpc) is 2.39. The number of nitrogens with one attached hydrogen (secondary N) is 1. The number of aromatic nitrogens is 1. The number of aryl methyl sites for hydroxylation is 2. The number of hydrogen-bond acceptors (Lipinski definition) is 2. The van der Waals surface area contributed by atoms with Crippen molar-refractivity contribution in [3.05, 3.63) is 62.5 Å². The highest BCUT2D eigenvalue weighted by Crippen LogP contribution is 2.17. The summed E-state index contributed by atoms with van der Waals surface area (Å²) in [6, 6.07) is 9.11. The predicted molar refractivity (Wildman–Crippen MR) is 82.9 cm³/mol. The quantitative estimate of drug-likeness (QED) is 0.938. The van der Waals surface area contributed by atoms with Crippen LogP contribution < -0.4 is 10.9 Å². The molecule has 5 heteroatoms. The Morgan fingerprint density at radius 3 is 2.75 bits per heavy atom. The lowest BCUT2D eigenvalue weighted by molar-refractivity contribution is -0.115. The van der Waals surface area contributed by atoms with Gasteiger partial charge in [-0.05, 0) is 24.1 Å². The van der Waals surface area contributed by atoms with Crippen LogP contribution in [-0.2, 0) is 18.3 Å². The van der Waals surface area contributed by atoms with Crippen LogP contribution in [-0.4, -0.2) is 10.5 Å². The molecule has 0 aliphatic heterocycles. The maximum atomic E-state index is 12.1. The summed E-state index contributed by atoms with van der Waals surface area (Å²) in [6.45, 7) is 1.80. The van der Waals surface area contributed by atoms with Gasteiger partial charge in [0.15, 0.2) is 0 Å². The number of rotatable bonds is 3. The Bertz CT molecular complexity index is 707. The van der Waals surface area contributed by atoms with Gasteiger partial charge < -0.3 is 9.88 Å². The van der Waals surface area contributed by atoms with Crippen molar-refractivity contribution in [2.45, 2.75) is 13.3 Å². The van der Waals surface area contributed by atoms with Gasteiger partial charge >= 0.3 is 0 Å². The van der Waals surface area contributed by atoms with Gasteiger partial charge in [-0.25, -0.2) is 0 Å². The number of carbonyl (C=O) groups excluding carboxylic acids is 1. The number of pyridine rings is 1. The molecule has 1 aromatic heterocycles. The van der Waals surface area contributed by atoms with E-state index < -0.39 is 0 Å². The third-order valence-electron chi connectivity index (χ3n) is 3.02. The van der Waals surface area contributed by atoms with E-state index in [2.05, 4.69) is 21.2 Å². The third kappa shape index (κ3) is 3.36. The molecule has 1 aromatic carbocycles. The van der Waals surface area contributed by atoms with Crippen molar-refractivity contribution in [3.8, 4) is 0 Å². The van der Waals surface area contributed by atoms with Crippen molar-refractivity contribution < 1.29 is 4.79 Å². The second kappa shape index (κ2) is 6.05. The Labute approximate surface area is 125 Å². The molecule has 1 amide bonds. The van der Waals surface area contributed by atoms with Gasteiger partial charge in [0.25, 0.3) is 5.56 Å². The number of halogens is 1. The minimum absolute atomic E-state index is 0.0914. The summed E-state index contributed by atoms with van der Waals surface area (Å²) in [5.41, 5.74) is 2.25. The molecule has 0 aliphatic rings. The number of carbonyl (C=O) groups is 1. The molecular weight excluding hydrogens is 320 g/mol. The van der Waals surface area contributed by atoms with Crippen LogP contribution in [0.4, 0.5) is 5.69 Å². The van der Waals surface area contributed by atoms with Crippen LogP contribution in [0.2, 0.25) is 0 Å². The summed E-state index contributed by atoms with van der Waals surface area (Å²) in [4.78, 5) is 23.5. The molecule has 0 radical (unpaired) electrons. The first kappa shape index (κ1) is 14.5. The predicted octanol–water partition coefficient (Wildman–Crippen LogP) is 2.64. The van der Waals surface area contributed by atoms with E-state index >= 15 is 0 Å². The van der Waals surface area contributed by atoms with Gasteiger partial charge in [0.2, 0.25) is 5.91 Å². The molecule has 1 N–H and O–H groups in total. The number of benzene rings is 1. The molecule has 4 nitrogen and oxygen atoms in total. The smallest absolute Gasteiger partial charge is 0.250 e. The van der Waals surface area contributed by atoms with Gasteiger partial charge in [0.05, 0.1) is 12.1 Å². The molecule has 0 saturated carbocycles. The van der Waals surface area contributed by atoms with Gasteiger partial charge in [-0.3, -0.25) is 9.59 Å². The van der Waals surface area contributed by atoms with Crippen LogP contribution in [0.15, 0.2) is 45.8 Å². The highest BCUT2D eigenvalue weighted by atomic mass is 79.9. The number of nitrogens with zero attached hydrogens (tertiary/aromatic N) is 1. The summed E-state index contributed by atoms with van der Waals surface area (Å²) < 4.78 is 2.36. The third-order valence-corrected chi connectivity index (χ3v) is 3.79. The van der Waals surface area contributed by atoms with E-state index in [1.807, 2.05) is 24.3 Å². The molecule has 0 spiro atoms. The fourth-order valence-electron chi connectivity index (χ4n) is 1.86. The van der Waals surface area contributed by atoms with Crippen molar-refractivity contribution in [1.82, 2.24) is 4.57 Å². The molecule has 0 saturated heterocycles. The van der Waals surface area contributed by atoms with Gasteiger partial charge in [-0.2, -0.15) is 0 Å². The Balaban J connectivity index is 2.15. The topological polar surface area (TPSA) is 51.1 Å². The molecule has 104 valence electrons. The van der Waals surface area contributed by atoms with Crippen molar-refractivity contribution in [2.75, 3.05) is 5.32 Å². The molecule has 0 atom stereocenters. The lowest BCUT2D eigenvalue weighted by Gasteiger charge is -2.10. The zero-order valence-electron chi connectivity index (χ0n) is 11.3. The second-order valence-corrected chi connectivity index (χ2v) is 5.49. The molecule has 0 aliphatic carbocycles. The Morgan fingerprint density at radius 1 is 1.35 bits per heavy atom. The van der Waals surface area contributed by atoms with Crippen LogP contribution >= 0.6 is 15.9 Å². The summed E-state index contributed by atoms with van der Waals surface area (Å²) in [6.07, 6.45) is 1.92. The standard InChI is InChI=1S/C15H15BrN2O2/c1-10-7-15(20)18(2)9-13(10)17-14(19)8-11-5-3-4-6-12(11)16/h3-7,9H,8H2,1-2H3,(H,17,19). The molecule has 0 bridgehead atoms. The van der Waals surface area contributed by atoms with E-state index in [9.17, 15) is 9.59 Å². The van der Waals surface area contributed by atoms with Crippen LogP contribution in [0.3, 0.4) is 0 Å². The number of anilines is 1. The Morgan fingerprint density at radius 2 is 2.05 bits per heavy atom. The lowest BCUT2D eigenvalue weighted by Crippen LogP contribution is -2.20. The highest BCUT2D eigenvalue weighted by molar-refractivity contribution is 9.10. The number of hydrogen-bond donors (Lipinski definition) is 1. The lowest BCUT2D eigenvalue weighted by atomic mass is 10.1. The Hall–Kier alpha value is -1.88. The van der Waals surface area contributed by atoms with Gasteiger partial charge in [-0.15, -0.1) is 0 Å². The summed E-state index contributed by atoms with van der Waals surface area (Å²) in [7, 11) is 1.66. The fourth-order valence-corrected chi connectivity index (χ4v) is 2.29. The maximum Gasteiger partial charge on any atom is 0.250 e. The van der Waals surface area contributed by atoms with Gasteiger partial charge in [0, 0.05) is 23.8 Å². The first-order chi connectivity index (χ1) is 9.47. The minimum atomic E-state index is -0.112. The SMILES string of the molecule is Cc1cc(=O)n(C)cc1NC(=O)Cc1ccccc1Br. The molecule has 0 fully saturated rings. The van der Waals surface area contributed by atoms with Crippen LogP contribution in [0.5, 0.6) is 0 Å². The molecule has 2 aromatic rings. The molecule has 2 rings (SSSR count). The minimum Gasteiger partial charge on any atom is -0.324 e. The van der Waals surface area contributed by atoms with Gasteiger partial charge in [0.1, 0.15) is 0 Å². The monoisotopic (exact) mass is 334 g/mol. The number of amides is 1. The zero-order chi connectivity index (χ0) is 14.7. The van der Waals surface area contributed by atoms with Crippen molar-refractivity contribution in [2.24, 2.45) is 7.05 Å². The first-order valence-corrected chi connectivity index (χ1v) is 6.97. The Kier molecular flexibility index (Phi) is 4.39. The zero-order valence-corrected chi connectivity index (χ0v) is 12.9. The van der Waals surface area contributed by atoms with E-state index in [0.29, 0.717) is 5.69 Å². The van der Waals surface area contributed by atoms with E-state index in [1.165, 1.54) is 10.6 Å². The van der Waals surface area contributed by atoms with E-state index in [1.54, 1.807) is 20.2 Å². The highest BCUT2D eigenvalue weighted by Gasteiger charge is 2.09. The van der Waals surface area contributed by atoms with Crippen LogP contribution in [0.1, 0.15) is 11.1 Å². The van der Waals surface area contributed by atoms with E-state index in [0.717, 1.165) is 15.6 Å². The molecular formula is C15H15BrN2O2. The maximum absolute atomic E-state index is 12.1. The second-order valence-electron chi connectivity index (χ2n) is 4.64. The van der Waals surface area contributed by atoms with Crippen molar-refractivity contribution in [1.29, 1.82) is 0 Å². The molecule has 20 heavy (non-hydrogen) atoms. The fraction of sp³-hybridized carbons (Fsp3) is 0.200. The van der Waals surface area contributed by atoms with Crippen molar-refractivity contribution >= 4 is 27.5 Å². The van der Waals surface area contributed by atoms with Crippen LogP contribution in [0, 0.1) is 6.92 Å². The summed E-state index contributed by atoms with van der Waals surface area (Å²) in [5, 5.41) is 2.83. The van der Waals surface area contributed by atoms with Crippen LogP contribution in [0.25, 0.3) is 0 Å². The largest absolute Gasteiger partial charge is 0.324 e. The molecule has 0 unspecified atom stereocenters. The first-order valence-electron chi connectivity index (χ1n) is 6.18. The van der Waals surface area contributed by atoms with E-state index in [-0.39, 0.29) is 17.9 Å². The summed E-state index contributed by atoms with van der Waals surface area (Å²) in [5.74, 6) is -0.112. The normalized spacial score (nSPS) is 10.3. The van der Waals surface area contributed by atoms with Gasteiger partial charge in [-0.1, -0.05) is 34.1 Å². The molecule has 1 heterocycles. The van der Waals surface area contributed by atoms with E-state index in [4.69, 9.17) is 0 Å². The van der Waals surface area contributed by atoms with Crippen molar-refractivity contribution in [3.63, 3.8) is 0 Å².